The zero-order valence-corrected chi connectivity index (χ0v) is 19.6. The number of nitriles is 1. The fraction of sp³-hybridized carbons (Fsp3) is 0.458. The van der Waals surface area contributed by atoms with Gasteiger partial charge < -0.3 is 20.5 Å². The van der Waals surface area contributed by atoms with Crippen LogP contribution in [0.3, 0.4) is 0 Å². The second-order valence-corrected chi connectivity index (χ2v) is 9.34. The number of hydrogen-bond acceptors (Lipinski definition) is 7. The monoisotopic (exact) mass is 498 g/mol. The highest BCUT2D eigenvalue weighted by molar-refractivity contribution is 5.94. The largest absolute Gasteiger partial charge is 0.417 e. The normalized spacial score (nSPS) is 18.0. The van der Waals surface area contributed by atoms with E-state index < -0.39 is 11.7 Å². The lowest BCUT2D eigenvalue weighted by Gasteiger charge is -2.38. The Hall–Kier alpha value is -3.72. The molecule has 1 atom stereocenters. The van der Waals surface area contributed by atoms with Crippen molar-refractivity contribution in [2.45, 2.75) is 32.0 Å². The van der Waals surface area contributed by atoms with Crippen molar-refractivity contribution in [1.82, 2.24) is 30.2 Å². The molecule has 2 saturated heterocycles. The Balaban J connectivity index is 1.34. The molecule has 0 radical (unpaired) electrons. The Morgan fingerprint density at radius 1 is 1.25 bits per heavy atom. The third-order valence-electron chi connectivity index (χ3n) is 7.07. The Morgan fingerprint density at radius 2 is 2.00 bits per heavy atom. The van der Waals surface area contributed by atoms with Gasteiger partial charge in [0, 0.05) is 55.6 Å². The lowest BCUT2D eigenvalue weighted by molar-refractivity contribution is -0.139. The average molecular weight is 499 g/mol. The maximum absolute atomic E-state index is 13.3. The number of likely N-dealkylation sites (tertiary alicyclic amines) is 1. The first kappa shape index (κ1) is 24.0. The number of nitrogens with zero attached hydrogens (tertiary/aromatic N) is 5. The molecule has 0 bridgehead atoms. The number of alkyl halides is 3. The molecule has 3 aromatic heterocycles. The number of pyridine rings is 1. The Labute approximate surface area is 205 Å². The SMILES string of the molecule is C[C@@H](Nc1ncc(C#N)c(-c2c[nH]c3ncc(C(F)(F)F)cc23)n1)C1CCN(C(=O)C2CNC2)CC1. The van der Waals surface area contributed by atoms with E-state index in [2.05, 4.69) is 30.6 Å². The van der Waals surface area contributed by atoms with E-state index in [-0.39, 0.29) is 46.1 Å². The number of aromatic nitrogens is 4. The van der Waals surface area contributed by atoms with Crippen LogP contribution in [-0.4, -0.2) is 63.0 Å². The number of rotatable bonds is 5. The lowest BCUT2D eigenvalue weighted by atomic mass is 9.89. The van der Waals surface area contributed by atoms with Gasteiger partial charge in [-0.05, 0) is 31.7 Å². The maximum Gasteiger partial charge on any atom is 0.417 e. The van der Waals surface area contributed by atoms with Gasteiger partial charge in [-0.1, -0.05) is 0 Å². The molecule has 1 amide bonds. The van der Waals surface area contributed by atoms with Crippen LogP contribution in [0.4, 0.5) is 19.1 Å². The minimum absolute atomic E-state index is 0.00475. The van der Waals surface area contributed by atoms with E-state index in [0.29, 0.717) is 24.6 Å². The van der Waals surface area contributed by atoms with Crippen LogP contribution in [0.15, 0.2) is 24.7 Å². The number of fused-ring (bicyclic) bond motifs is 1. The fourth-order valence-corrected chi connectivity index (χ4v) is 4.76. The number of piperidine rings is 1. The molecule has 3 aromatic rings. The number of amides is 1. The third-order valence-corrected chi connectivity index (χ3v) is 7.07. The zero-order chi connectivity index (χ0) is 25.4. The molecule has 0 saturated carbocycles. The molecule has 12 heteroatoms. The van der Waals surface area contributed by atoms with Crippen molar-refractivity contribution >= 4 is 22.9 Å². The first-order valence-electron chi connectivity index (χ1n) is 11.8. The summed E-state index contributed by atoms with van der Waals surface area (Å²) < 4.78 is 39.8. The van der Waals surface area contributed by atoms with Gasteiger partial charge >= 0.3 is 6.18 Å². The van der Waals surface area contributed by atoms with Crippen LogP contribution in [0.1, 0.15) is 30.9 Å². The summed E-state index contributed by atoms with van der Waals surface area (Å²) >= 11 is 0. The van der Waals surface area contributed by atoms with Crippen molar-refractivity contribution in [1.29, 1.82) is 5.26 Å². The molecular weight excluding hydrogens is 473 g/mol. The summed E-state index contributed by atoms with van der Waals surface area (Å²) in [5, 5.41) is 16.2. The minimum Gasteiger partial charge on any atom is -0.351 e. The predicted molar refractivity (Wildman–Crippen MR) is 126 cm³/mol. The second-order valence-electron chi connectivity index (χ2n) is 9.34. The standard InChI is InChI=1S/C24H25F3N8O/c1-13(14-2-4-35(5-3-14)22(36)16-8-29-9-16)33-23-32-10-15(7-28)20(34-23)19-12-31-21-18(19)6-17(11-30-21)24(25,26)27/h6,10-14,16,29H,2-5,8-9H2,1H3,(H,30,31)(H,32,33,34)/t13-/m1/s1. The first-order valence-corrected chi connectivity index (χ1v) is 11.8. The molecule has 9 nitrogen and oxygen atoms in total. The molecule has 36 heavy (non-hydrogen) atoms. The van der Waals surface area contributed by atoms with Gasteiger partial charge in [-0.2, -0.15) is 18.4 Å². The molecule has 0 spiro atoms. The molecule has 5 rings (SSSR count). The van der Waals surface area contributed by atoms with Gasteiger partial charge in [-0.3, -0.25) is 4.79 Å². The molecule has 0 aromatic carbocycles. The molecule has 188 valence electrons. The zero-order valence-electron chi connectivity index (χ0n) is 19.6. The van der Waals surface area contributed by atoms with E-state index in [9.17, 15) is 23.2 Å². The van der Waals surface area contributed by atoms with Crippen molar-refractivity contribution in [2.24, 2.45) is 11.8 Å². The number of hydrogen-bond donors (Lipinski definition) is 3. The summed E-state index contributed by atoms with van der Waals surface area (Å²) in [5.74, 6) is 0.886. The summed E-state index contributed by atoms with van der Waals surface area (Å²) in [5.41, 5.74) is 0.0969. The van der Waals surface area contributed by atoms with Gasteiger partial charge in [0.2, 0.25) is 11.9 Å². The molecule has 0 unspecified atom stereocenters. The van der Waals surface area contributed by atoms with Crippen LogP contribution in [-0.2, 0) is 11.0 Å². The molecular formula is C24H25F3N8O. The van der Waals surface area contributed by atoms with Crippen molar-refractivity contribution in [3.8, 4) is 17.3 Å². The summed E-state index contributed by atoms with van der Waals surface area (Å²) in [6.07, 6.45) is 0.778. The van der Waals surface area contributed by atoms with Crippen LogP contribution in [0.25, 0.3) is 22.3 Å². The first-order chi connectivity index (χ1) is 17.2. The third kappa shape index (κ3) is 4.58. The van der Waals surface area contributed by atoms with E-state index >= 15 is 0 Å². The Morgan fingerprint density at radius 3 is 2.64 bits per heavy atom. The van der Waals surface area contributed by atoms with Gasteiger partial charge in [0.1, 0.15) is 11.7 Å². The number of anilines is 1. The molecule has 2 fully saturated rings. The van der Waals surface area contributed by atoms with E-state index in [1.807, 2.05) is 17.9 Å². The van der Waals surface area contributed by atoms with Gasteiger partial charge in [0.15, 0.2) is 0 Å². The van der Waals surface area contributed by atoms with Crippen molar-refractivity contribution < 1.29 is 18.0 Å². The number of carbonyl (C=O) groups excluding carboxylic acids is 1. The molecule has 2 aliphatic heterocycles. The smallest absolute Gasteiger partial charge is 0.351 e. The van der Waals surface area contributed by atoms with Gasteiger partial charge in [0.25, 0.3) is 0 Å². The summed E-state index contributed by atoms with van der Waals surface area (Å²) in [7, 11) is 0. The van der Waals surface area contributed by atoms with Crippen LogP contribution in [0.5, 0.6) is 0 Å². The lowest BCUT2D eigenvalue weighted by Crippen LogP contribution is -2.54. The highest BCUT2D eigenvalue weighted by Gasteiger charge is 2.33. The van der Waals surface area contributed by atoms with Crippen molar-refractivity contribution in [3.63, 3.8) is 0 Å². The van der Waals surface area contributed by atoms with E-state index in [0.717, 1.165) is 38.2 Å². The van der Waals surface area contributed by atoms with E-state index in [4.69, 9.17) is 0 Å². The van der Waals surface area contributed by atoms with Gasteiger partial charge in [0.05, 0.1) is 28.9 Å². The predicted octanol–water partition coefficient (Wildman–Crippen LogP) is 3.17. The number of aromatic amines is 1. The number of halogens is 3. The number of H-pyrrole nitrogens is 1. The second kappa shape index (κ2) is 9.39. The quantitative estimate of drug-likeness (QED) is 0.494. The summed E-state index contributed by atoms with van der Waals surface area (Å²) in [4.78, 5) is 29.9. The maximum atomic E-state index is 13.3. The van der Waals surface area contributed by atoms with Crippen LogP contribution >= 0.6 is 0 Å². The van der Waals surface area contributed by atoms with E-state index in [1.165, 1.54) is 12.4 Å². The molecule has 5 heterocycles. The van der Waals surface area contributed by atoms with Crippen LogP contribution < -0.4 is 10.6 Å². The van der Waals surface area contributed by atoms with E-state index in [1.54, 1.807) is 0 Å². The summed E-state index contributed by atoms with van der Waals surface area (Å²) in [6.45, 7) is 4.92. The summed E-state index contributed by atoms with van der Waals surface area (Å²) in [6, 6.07) is 3.02. The van der Waals surface area contributed by atoms with Crippen LogP contribution in [0, 0.1) is 23.2 Å². The number of nitrogens with one attached hydrogen (secondary N) is 3. The molecule has 2 aliphatic rings. The molecule has 3 N–H and O–H groups in total. The average Bonchev–Trinajstić information content (AvgIpc) is 3.25. The fourth-order valence-electron chi connectivity index (χ4n) is 4.76. The highest BCUT2D eigenvalue weighted by atomic mass is 19.4. The highest BCUT2D eigenvalue weighted by Crippen LogP contribution is 2.35. The van der Waals surface area contributed by atoms with Gasteiger partial charge in [-0.25, -0.2) is 15.0 Å². The van der Waals surface area contributed by atoms with Gasteiger partial charge in [-0.15, -0.1) is 0 Å². The van der Waals surface area contributed by atoms with Crippen LogP contribution in [0.2, 0.25) is 0 Å². The molecule has 0 aliphatic carbocycles. The number of carbonyl (C=O) groups is 1. The Bertz CT molecular complexity index is 1320. The topological polar surface area (TPSA) is 123 Å². The van der Waals surface area contributed by atoms with Crippen molar-refractivity contribution in [2.75, 3.05) is 31.5 Å². The Kier molecular flexibility index (Phi) is 6.26. The minimum atomic E-state index is -4.55. The van der Waals surface area contributed by atoms with Crippen molar-refractivity contribution in [3.05, 3.63) is 35.8 Å².